The molecule has 1 aromatic heterocycles. The summed E-state index contributed by atoms with van der Waals surface area (Å²) in [5.41, 5.74) is 0.137. The van der Waals surface area contributed by atoms with E-state index in [9.17, 15) is 0 Å². The molecule has 1 fully saturated rings. The highest BCUT2D eigenvalue weighted by Crippen LogP contribution is 2.40. The fourth-order valence-electron chi connectivity index (χ4n) is 1.94. The lowest BCUT2D eigenvalue weighted by molar-refractivity contribution is 0.492. The summed E-state index contributed by atoms with van der Waals surface area (Å²) in [6.07, 6.45) is 4.25. The minimum absolute atomic E-state index is 0.137. The van der Waals surface area contributed by atoms with Gasteiger partial charge in [0.05, 0.1) is 0 Å². The summed E-state index contributed by atoms with van der Waals surface area (Å²) < 4.78 is 0. The van der Waals surface area contributed by atoms with Crippen molar-refractivity contribution < 1.29 is 0 Å². The summed E-state index contributed by atoms with van der Waals surface area (Å²) in [6.45, 7) is 7.41. The number of hydrogen-bond donors (Lipinski definition) is 2. The monoisotopic (exact) mass is 220 g/mol. The van der Waals surface area contributed by atoms with Crippen LogP contribution in [0.5, 0.6) is 0 Å². The molecule has 1 aliphatic rings. The van der Waals surface area contributed by atoms with E-state index in [1.54, 1.807) is 6.33 Å². The van der Waals surface area contributed by atoms with Crippen LogP contribution < -0.4 is 10.6 Å². The first-order chi connectivity index (χ1) is 7.62. The van der Waals surface area contributed by atoms with Gasteiger partial charge in [-0.15, -0.1) is 0 Å². The Balaban J connectivity index is 2.05. The van der Waals surface area contributed by atoms with Gasteiger partial charge in [-0.3, -0.25) is 0 Å². The van der Waals surface area contributed by atoms with Gasteiger partial charge in [-0.2, -0.15) is 0 Å². The van der Waals surface area contributed by atoms with E-state index in [0.29, 0.717) is 0 Å². The zero-order chi connectivity index (χ0) is 11.6. The van der Waals surface area contributed by atoms with E-state index >= 15 is 0 Å². The van der Waals surface area contributed by atoms with Crippen molar-refractivity contribution in [2.45, 2.75) is 39.2 Å². The lowest BCUT2D eigenvalue weighted by Gasteiger charge is -2.26. The molecule has 1 aliphatic carbocycles. The average molecular weight is 220 g/mol. The molecule has 1 aromatic rings. The van der Waals surface area contributed by atoms with Crippen LogP contribution in [0.1, 0.15) is 33.6 Å². The molecule has 0 unspecified atom stereocenters. The summed E-state index contributed by atoms with van der Waals surface area (Å²) in [5, 5.41) is 6.68. The van der Waals surface area contributed by atoms with Crippen molar-refractivity contribution in [1.82, 2.24) is 9.97 Å². The molecule has 0 atom stereocenters. The largest absolute Gasteiger partial charge is 0.370 e. The topological polar surface area (TPSA) is 49.8 Å². The minimum Gasteiger partial charge on any atom is -0.370 e. The molecule has 2 N–H and O–H groups in total. The number of aromatic nitrogens is 2. The van der Waals surface area contributed by atoms with Crippen molar-refractivity contribution in [3.8, 4) is 0 Å². The van der Waals surface area contributed by atoms with Crippen LogP contribution in [-0.2, 0) is 0 Å². The molecule has 0 aliphatic heterocycles. The number of rotatable bonds is 5. The van der Waals surface area contributed by atoms with Gasteiger partial charge in [0.1, 0.15) is 18.0 Å². The highest BCUT2D eigenvalue weighted by Gasteiger charge is 2.37. The second-order valence-electron chi connectivity index (χ2n) is 4.94. The molecule has 0 spiro atoms. The Morgan fingerprint density at radius 1 is 1.31 bits per heavy atom. The number of anilines is 2. The Labute approximate surface area is 96.9 Å². The molecular formula is C12H20N4. The maximum absolute atomic E-state index is 4.25. The van der Waals surface area contributed by atoms with E-state index in [1.165, 1.54) is 12.8 Å². The van der Waals surface area contributed by atoms with E-state index in [-0.39, 0.29) is 5.54 Å². The van der Waals surface area contributed by atoms with Gasteiger partial charge in [-0.1, -0.05) is 0 Å². The van der Waals surface area contributed by atoms with Crippen LogP contribution in [0, 0.1) is 5.92 Å². The fraction of sp³-hybridized carbons (Fsp3) is 0.667. The van der Waals surface area contributed by atoms with Crippen LogP contribution in [-0.4, -0.2) is 22.1 Å². The highest BCUT2D eigenvalue weighted by molar-refractivity contribution is 5.47. The average Bonchev–Trinajstić information content (AvgIpc) is 3.01. The molecule has 1 heterocycles. The van der Waals surface area contributed by atoms with Crippen LogP contribution in [0.3, 0.4) is 0 Å². The van der Waals surface area contributed by atoms with Gasteiger partial charge in [0.25, 0.3) is 0 Å². The lowest BCUT2D eigenvalue weighted by Crippen LogP contribution is -2.33. The summed E-state index contributed by atoms with van der Waals surface area (Å²) in [7, 11) is 0. The predicted octanol–water partition coefficient (Wildman–Crippen LogP) is 2.51. The van der Waals surface area contributed by atoms with Crippen LogP contribution in [0.25, 0.3) is 0 Å². The fourth-order valence-corrected chi connectivity index (χ4v) is 1.94. The van der Waals surface area contributed by atoms with Crippen LogP contribution in [0.4, 0.5) is 11.6 Å². The molecule has 0 saturated heterocycles. The normalized spacial score (nSPS) is 15.9. The van der Waals surface area contributed by atoms with Gasteiger partial charge in [-0.05, 0) is 39.5 Å². The summed E-state index contributed by atoms with van der Waals surface area (Å²) >= 11 is 0. The zero-order valence-corrected chi connectivity index (χ0v) is 10.2. The van der Waals surface area contributed by atoms with Crippen LogP contribution >= 0.6 is 0 Å². The first-order valence-electron chi connectivity index (χ1n) is 5.96. The third-order valence-corrected chi connectivity index (χ3v) is 3.07. The van der Waals surface area contributed by atoms with Gasteiger partial charge in [-0.25, -0.2) is 9.97 Å². The van der Waals surface area contributed by atoms with E-state index in [1.807, 2.05) is 6.07 Å². The first kappa shape index (κ1) is 11.2. The number of hydrogen-bond acceptors (Lipinski definition) is 4. The van der Waals surface area contributed by atoms with Gasteiger partial charge >= 0.3 is 0 Å². The predicted molar refractivity (Wildman–Crippen MR) is 66.6 cm³/mol. The van der Waals surface area contributed by atoms with E-state index in [2.05, 4.69) is 41.4 Å². The third kappa shape index (κ3) is 2.62. The van der Waals surface area contributed by atoms with Crippen LogP contribution in [0.15, 0.2) is 12.4 Å². The number of nitrogens with one attached hydrogen (secondary N) is 2. The molecule has 88 valence electrons. The molecule has 16 heavy (non-hydrogen) atoms. The first-order valence-corrected chi connectivity index (χ1v) is 5.96. The Kier molecular flexibility index (Phi) is 2.99. The van der Waals surface area contributed by atoms with Crippen molar-refractivity contribution in [3.63, 3.8) is 0 Å². The molecule has 0 amide bonds. The number of nitrogens with zero attached hydrogens (tertiary/aromatic N) is 2. The van der Waals surface area contributed by atoms with Gasteiger partial charge in [0, 0.05) is 18.2 Å². The lowest BCUT2D eigenvalue weighted by atomic mass is 9.99. The standard InChI is InChI=1S/C12H20N4/c1-4-13-10-7-11(15-8-14-10)16-12(2,3)9-5-6-9/h7-9H,4-6H2,1-3H3,(H2,13,14,15,16). The van der Waals surface area contributed by atoms with E-state index in [0.717, 1.165) is 24.1 Å². The molecule has 0 radical (unpaired) electrons. The highest BCUT2D eigenvalue weighted by atomic mass is 15.1. The maximum Gasteiger partial charge on any atom is 0.131 e. The second kappa shape index (κ2) is 4.28. The quantitative estimate of drug-likeness (QED) is 0.800. The van der Waals surface area contributed by atoms with E-state index < -0.39 is 0 Å². The minimum atomic E-state index is 0.137. The molecule has 0 aromatic carbocycles. The third-order valence-electron chi connectivity index (χ3n) is 3.07. The molecular weight excluding hydrogens is 200 g/mol. The summed E-state index contributed by atoms with van der Waals surface area (Å²) in [6, 6.07) is 1.97. The smallest absolute Gasteiger partial charge is 0.131 e. The molecule has 2 rings (SSSR count). The Morgan fingerprint density at radius 2 is 2.00 bits per heavy atom. The maximum atomic E-state index is 4.25. The Hall–Kier alpha value is -1.32. The SMILES string of the molecule is CCNc1cc(NC(C)(C)C2CC2)ncn1. The molecule has 1 saturated carbocycles. The van der Waals surface area contributed by atoms with Gasteiger partial charge in [0.2, 0.25) is 0 Å². The molecule has 0 bridgehead atoms. The Morgan fingerprint density at radius 3 is 2.62 bits per heavy atom. The van der Waals surface area contributed by atoms with Gasteiger partial charge in [0.15, 0.2) is 0 Å². The van der Waals surface area contributed by atoms with Crippen molar-refractivity contribution in [2.75, 3.05) is 17.2 Å². The Bertz CT molecular complexity index is 358. The van der Waals surface area contributed by atoms with E-state index in [4.69, 9.17) is 0 Å². The van der Waals surface area contributed by atoms with Crippen molar-refractivity contribution in [1.29, 1.82) is 0 Å². The summed E-state index contributed by atoms with van der Waals surface area (Å²) in [5.74, 6) is 2.57. The molecule has 4 nitrogen and oxygen atoms in total. The van der Waals surface area contributed by atoms with Gasteiger partial charge < -0.3 is 10.6 Å². The summed E-state index contributed by atoms with van der Waals surface area (Å²) in [4.78, 5) is 8.41. The van der Waals surface area contributed by atoms with Crippen LogP contribution in [0.2, 0.25) is 0 Å². The second-order valence-corrected chi connectivity index (χ2v) is 4.94. The van der Waals surface area contributed by atoms with Crippen molar-refractivity contribution in [2.24, 2.45) is 5.92 Å². The zero-order valence-electron chi connectivity index (χ0n) is 10.2. The molecule has 4 heteroatoms. The van der Waals surface area contributed by atoms with Crippen molar-refractivity contribution >= 4 is 11.6 Å². The van der Waals surface area contributed by atoms with Crippen molar-refractivity contribution in [3.05, 3.63) is 12.4 Å².